The zero-order valence-corrected chi connectivity index (χ0v) is 13.0. The molecule has 0 saturated carbocycles. The van der Waals surface area contributed by atoms with Crippen molar-refractivity contribution >= 4 is 15.9 Å². The van der Waals surface area contributed by atoms with E-state index in [9.17, 15) is 12.8 Å². The van der Waals surface area contributed by atoms with Crippen LogP contribution < -0.4 is 0 Å². The Morgan fingerprint density at radius 1 is 1.30 bits per heavy atom. The van der Waals surface area contributed by atoms with Crippen molar-refractivity contribution in [1.29, 1.82) is 0 Å². The second-order valence-electron chi connectivity index (χ2n) is 6.43. The molecule has 0 heterocycles. The minimum absolute atomic E-state index is 0.0819. The highest BCUT2D eigenvalue weighted by Gasteiger charge is 2.28. The molecule has 0 bridgehead atoms. The van der Waals surface area contributed by atoms with Crippen molar-refractivity contribution in [1.82, 2.24) is 0 Å². The minimum Gasteiger partial charge on any atom is -0.382 e. The van der Waals surface area contributed by atoms with Gasteiger partial charge < -0.3 is 4.18 Å². The van der Waals surface area contributed by atoms with E-state index >= 15 is 0 Å². The van der Waals surface area contributed by atoms with Gasteiger partial charge in [-0.05, 0) is 42.0 Å². The van der Waals surface area contributed by atoms with Gasteiger partial charge in [-0.2, -0.15) is 8.42 Å². The molecular weight excluding hydrogens is 279 g/mol. The van der Waals surface area contributed by atoms with Crippen LogP contribution in [-0.2, 0) is 20.7 Å². The van der Waals surface area contributed by atoms with Gasteiger partial charge in [-0.3, -0.25) is 0 Å². The maximum absolute atomic E-state index is 13.3. The topological polar surface area (TPSA) is 43.4 Å². The van der Waals surface area contributed by atoms with Crippen molar-refractivity contribution in [3.63, 3.8) is 0 Å². The lowest BCUT2D eigenvalue weighted by Gasteiger charge is -2.19. The van der Waals surface area contributed by atoms with E-state index in [4.69, 9.17) is 4.18 Å². The average Bonchev–Trinajstić information content (AvgIpc) is 2.52. The summed E-state index contributed by atoms with van der Waals surface area (Å²) >= 11 is 0. The Morgan fingerprint density at radius 3 is 2.55 bits per heavy atom. The van der Waals surface area contributed by atoms with E-state index in [2.05, 4.69) is 0 Å². The molecule has 0 radical (unpaired) electrons. The number of hydrogen-bond donors (Lipinski definition) is 0. The monoisotopic (exact) mass is 298 g/mol. The van der Waals surface area contributed by atoms with Crippen LogP contribution in [0.15, 0.2) is 23.8 Å². The first-order valence-corrected chi connectivity index (χ1v) is 8.06. The van der Waals surface area contributed by atoms with E-state index in [1.54, 1.807) is 13.0 Å². The van der Waals surface area contributed by atoms with E-state index in [1.807, 2.05) is 20.8 Å². The molecule has 1 aliphatic rings. The van der Waals surface area contributed by atoms with Crippen LogP contribution in [0, 0.1) is 11.2 Å². The summed E-state index contributed by atoms with van der Waals surface area (Å²) in [4.78, 5) is 0. The van der Waals surface area contributed by atoms with E-state index in [0.717, 1.165) is 11.1 Å². The van der Waals surface area contributed by atoms with Crippen LogP contribution in [0.1, 0.15) is 38.8 Å². The average molecular weight is 298 g/mol. The summed E-state index contributed by atoms with van der Waals surface area (Å²) in [5.74, 6) is -0.196. The second-order valence-corrected chi connectivity index (χ2v) is 8.00. The molecule has 0 N–H and O–H groups in total. The fraction of sp³-hybridized carbons (Fsp3) is 0.467. The Hall–Kier alpha value is -1.36. The van der Waals surface area contributed by atoms with Crippen LogP contribution in [0.25, 0.3) is 5.76 Å². The van der Waals surface area contributed by atoms with Crippen LogP contribution in [0.4, 0.5) is 4.39 Å². The molecule has 2 rings (SSSR count). The predicted molar refractivity (Wildman–Crippen MR) is 77.0 cm³/mol. The molecule has 0 saturated heterocycles. The summed E-state index contributed by atoms with van der Waals surface area (Å²) in [6, 6.07) is 4.37. The molecule has 0 fully saturated rings. The number of hydrogen-bond acceptors (Lipinski definition) is 3. The van der Waals surface area contributed by atoms with E-state index < -0.39 is 21.4 Å². The normalized spacial score (nSPS) is 15.4. The molecule has 5 heteroatoms. The van der Waals surface area contributed by atoms with Crippen molar-refractivity contribution in [3.8, 4) is 0 Å². The number of fused-ring (bicyclic) bond motifs is 1. The molecule has 0 unspecified atom stereocenters. The first-order chi connectivity index (χ1) is 9.07. The van der Waals surface area contributed by atoms with E-state index in [0.29, 0.717) is 12.0 Å². The molecule has 0 spiro atoms. The molecule has 1 aromatic carbocycles. The van der Waals surface area contributed by atoms with Gasteiger partial charge in [0, 0.05) is 5.56 Å². The summed E-state index contributed by atoms with van der Waals surface area (Å²) < 4.78 is 42.8. The molecule has 0 amide bonds. The Bertz CT molecular complexity index is 667. The third kappa shape index (κ3) is 3.39. The number of benzene rings is 1. The molecule has 3 nitrogen and oxygen atoms in total. The van der Waals surface area contributed by atoms with Crippen LogP contribution >= 0.6 is 0 Å². The number of rotatable bonds is 3. The Kier molecular flexibility index (Phi) is 3.67. The predicted octanol–water partition coefficient (Wildman–Crippen LogP) is 3.51. The van der Waals surface area contributed by atoms with Crippen molar-refractivity contribution in [2.45, 2.75) is 34.1 Å². The Labute approximate surface area is 119 Å². The maximum Gasteiger partial charge on any atom is 0.309 e. The SMILES string of the molecule is CC1=C(OS(=O)(=O)CC(C)(C)C)c2cc(F)ccc2C1. The lowest BCUT2D eigenvalue weighted by atomic mass is 10.0. The highest BCUT2D eigenvalue weighted by Crippen LogP contribution is 2.35. The number of halogens is 1. The molecule has 0 atom stereocenters. The summed E-state index contributed by atoms with van der Waals surface area (Å²) in [5, 5.41) is 0. The van der Waals surface area contributed by atoms with Gasteiger partial charge in [0.15, 0.2) is 0 Å². The largest absolute Gasteiger partial charge is 0.382 e. The quantitative estimate of drug-likeness (QED) is 0.802. The lowest BCUT2D eigenvalue weighted by Crippen LogP contribution is -2.22. The van der Waals surface area contributed by atoms with Crippen LogP contribution in [0.2, 0.25) is 0 Å². The van der Waals surface area contributed by atoms with Gasteiger partial charge in [-0.25, -0.2) is 4.39 Å². The van der Waals surface area contributed by atoms with Gasteiger partial charge >= 0.3 is 10.1 Å². The summed E-state index contributed by atoms with van der Waals surface area (Å²) in [5.41, 5.74) is 1.85. The molecule has 20 heavy (non-hydrogen) atoms. The van der Waals surface area contributed by atoms with Gasteiger partial charge in [0.1, 0.15) is 11.6 Å². The Morgan fingerprint density at radius 2 is 1.95 bits per heavy atom. The third-order valence-corrected chi connectivity index (χ3v) is 4.62. The third-order valence-electron chi connectivity index (χ3n) is 2.98. The van der Waals surface area contributed by atoms with Crippen molar-refractivity contribution in [2.75, 3.05) is 5.75 Å². The van der Waals surface area contributed by atoms with Gasteiger partial charge in [0.05, 0.1) is 5.75 Å². The molecular formula is C15H19FO3S. The lowest BCUT2D eigenvalue weighted by molar-refractivity contribution is 0.412. The summed E-state index contributed by atoms with van der Waals surface area (Å²) in [6.45, 7) is 7.30. The summed E-state index contributed by atoms with van der Waals surface area (Å²) in [6.07, 6.45) is 0.593. The van der Waals surface area contributed by atoms with E-state index in [1.165, 1.54) is 12.1 Å². The fourth-order valence-electron chi connectivity index (χ4n) is 2.31. The maximum atomic E-state index is 13.3. The first kappa shape index (κ1) is 15.0. The van der Waals surface area contributed by atoms with Gasteiger partial charge in [-0.15, -0.1) is 0 Å². The zero-order valence-electron chi connectivity index (χ0n) is 12.2. The Balaban J connectivity index is 2.32. The first-order valence-electron chi connectivity index (χ1n) is 6.48. The second kappa shape index (κ2) is 4.88. The smallest absolute Gasteiger partial charge is 0.309 e. The van der Waals surface area contributed by atoms with Gasteiger partial charge in [0.25, 0.3) is 0 Å². The van der Waals surface area contributed by atoms with Crippen LogP contribution in [0.5, 0.6) is 0 Å². The fourth-order valence-corrected chi connectivity index (χ4v) is 3.92. The number of allylic oxidation sites excluding steroid dienone is 1. The van der Waals surface area contributed by atoms with Gasteiger partial charge in [0.2, 0.25) is 0 Å². The van der Waals surface area contributed by atoms with Crippen LogP contribution in [-0.4, -0.2) is 14.2 Å². The zero-order chi connectivity index (χ0) is 15.1. The minimum atomic E-state index is -3.69. The highest BCUT2D eigenvalue weighted by atomic mass is 32.2. The van der Waals surface area contributed by atoms with Gasteiger partial charge in [-0.1, -0.05) is 26.8 Å². The summed E-state index contributed by atoms with van der Waals surface area (Å²) in [7, 11) is -3.69. The van der Waals surface area contributed by atoms with Crippen molar-refractivity contribution in [2.24, 2.45) is 5.41 Å². The molecule has 110 valence electrons. The molecule has 1 aromatic rings. The van der Waals surface area contributed by atoms with E-state index in [-0.39, 0.29) is 11.5 Å². The highest BCUT2D eigenvalue weighted by molar-refractivity contribution is 7.87. The van der Waals surface area contributed by atoms with Crippen molar-refractivity contribution in [3.05, 3.63) is 40.7 Å². The molecule has 1 aliphatic carbocycles. The molecule has 0 aromatic heterocycles. The van der Waals surface area contributed by atoms with Crippen LogP contribution in [0.3, 0.4) is 0 Å². The molecule has 0 aliphatic heterocycles. The van der Waals surface area contributed by atoms with Crippen molar-refractivity contribution < 1.29 is 17.0 Å². The standard InChI is InChI=1S/C15H19FO3S/c1-10-7-11-5-6-12(16)8-13(11)14(10)19-20(17,18)9-15(2,3)4/h5-6,8H,7,9H2,1-4H3.